The fraction of sp³-hybridized carbons (Fsp3) is 0.0833. The van der Waals surface area contributed by atoms with E-state index in [1.165, 1.54) is 24.2 Å². The minimum atomic E-state index is -1.03. The Morgan fingerprint density at radius 3 is 3.05 bits per heavy atom. The summed E-state index contributed by atoms with van der Waals surface area (Å²) in [5.74, 6) is -0.512. The number of fused-ring (bicyclic) bond motifs is 1. The SMILES string of the molecule is O=C(O)c1cccc(CSc2ncnc3nc[nH]c23)n1. The monoisotopic (exact) mass is 287 g/mol. The Labute approximate surface area is 117 Å². The van der Waals surface area contributed by atoms with Gasteiger partial charge in [-0.05, 0) is 12.1 Å². The number of nitrogens with zero attached hydrogens (tertiary/aromatic N) is 4. The molecular weight excluding hydrogens is 278 g/mol. The van der Waals surface area contributed by atoms with Crippen LogP contribution < -0.4 is 0 Å². The normalized spacial score (nSPS) is 10.8. The topological polar surface area (TPSA) is 105 Å². The summed E-state index contributed by atoms with van der Waals surface area (Å²) in [6.45, 7) is 0. The maximum atomic E-state index is 10.9. The number of aromatic carboxylic acids is 1. The molecule has 0 saturated heterocycles. The largest absolute Gasteiger partial charge is 0.477 e. The molecule has 3 aromatic heterocycles. The molecular formula is C12H9N5O2S. The van der Waals surface area contributed by atoms with Gasteiger partial charge in [-0.15, -0.1) is 0 Å². The predicted octanol–water partition coefficient (Wildman–Crippen LogP) is 1.74. The van der Waals surface area contributed by atoms with Crippen molar-refractivity contribution in [1.29, 1.82) is 0 Å². The lowest BCUT2D eigenvalue weighted by molar-refractivity contribution is 0.0690. The second-order valence-electron chi connectivity index (χ2n) is 3.89. The van der Waals surface area contributed by atoms with E-state index in [9.17, 15) is 4.79 Å². The summed E-state index contributed by atoms with van der Waals surface area (Å²) in [7, 11) is 0. The van der Waals surface area contributed by atoms with Gasteiger partial charge in [-0.1, -0.05) is 17.8 Å². The van der Waals surface area contributed by atoms with E-state index in [2.05, 4.69) is 24.9 Å². The smallest absolute Gasteiger partial charge is 0.354 e. The van der Waals surface area contributed by atoms with Crippen molar-refractivity contribution in [2.24, 2.45) is 0 Å². The molecule has 3 aromatic rings. The fourth-order valence-corrected chi connectivity index (χ4v) is 2.54. The maximum absolute atomic E-state index is 10.9. The zero-order chi connectivity index (χ0) is 13.9. The number of aromatic nitrogens is 5. The van der Waals surface area contributed by atoms with Crippen molar-refractivity contribution in [1.82, 2.24) is 24.9 Å². The summed E-state index contributed by atoms with van der Waals surface area (Å²) >= 11 is 1.45. The number of pyridine rings is 1. The first-order chi connectivity index (χ1) is 9.74. The number of carbonyl (C=O) groups is 1. The molecule has 0 atom stereocenters. The van der Waals surface area contributed by atoms with E-state index in [-0.39, 0.29) is 5.69 Å². The molecule has 3 rings (SSSR count). The van der Waals surface area contributed by atoms with Crippen LogP contribution in [0.4, 0.5) is 0 Å². The fourth-order valence-electron chi connectivity index (χ4n) is 1.67. The lowest BCUT2D eigenvalue weighted by Crippen LogP contribution is -2.01. The molecule has 0 aromatic carbocycles. The minimum absolute atomic E-state index is 0.0393. The van der Waals surface area contributed by atoms with Crippen LogP contribution in [-0.2, 0) is 5.75 Å². The van der Waals surface area contributed by atoms with E-state index >= 15 is 0 Å². The van der Waals surface area contributed by atoms with E-state index in [1.54, 1.807) is 18.5 Å². The Bertz CT molecular complexity index is 773. The molecule has 0 unspecified atom stereocenters. The van der Waals surface area contributed by atoms with Crippen LogP contribution in [0.2, 0.25) is 0 Å². The van der Waals surface area contributed by atoms with Crippen molar-refractivity contribution in [3.63, 3.8) is 0 Å². The van der Waals surface area contributed by atoms with Crippen molar-refractivity contribution in [2.75, 3.05) is 0 Å². The van der Waals surface area contributed by atoms with Crippen LogP contribution in [-0.4, -0.2) is 36.0 Å². The molecule has 0 aliphatic rings. The molecule has 0 spiro atoms. The second-order valence-corrected chi connectivity index (χ2v) is 4.85. The number of carboxylic acids is 1. The van der Waals surface area contributed by atoms with Crippen molar-refractivity contribution in [3.8, 4) is 0 Å². The van der Waals surface area contributed by atoms with Crippen molar-refractivity contribution >= 4 is 28.9 Å². The molecule has 0 aliphatic heterocycles. The molecule has 3 heterocycles. The molecule has 0 fully saturated rings. The third-order valence-electron chi connectivity index (χ3n) is 2.57. The van der Waals surface area contributed by atoms with Gasteiger partial charge in [-0.25, -0.2) is 24.7 Å². The molecule has 8 heteroatoms. The van der Waals surface area contributed by atoms with Gasteiger partial charge < -0.3 is 10.1 Å². The van der Waals surface area contributed by atoms with E-state index in [0.29, 0.717) is 17.1 Å². The highest BCUT2D eigenvalue weighted by molar-refractivity contribution is 7.98. The Kier molecular flexibility index (Phi) is 3.30. The molecule has 100 valence electrons. The van der Waals surface area contributed by atoms with Gasteiger partial charge in [0.2, 0.25) is 0 Å². The lowest BCUT2D eigenvalue weighted by Gasteiger charge is -2.02. The van der Waals surface area contributed by atoms with Gasteiger partial charge in [0.25, 0.3) is 0 Å². The van der Waals surface area contributed by atoms with E-state index < -0.39 is 5.97 Å². The van der Waals surface area contributed by atoms with Crippen LogP contribution >= 0.6 is 11.8 Å². The van der Waals surface area contributed by atoms with Gasteiger partial charge in [-0.2, -0.15) is 0 Å². The number of carboxylic acid groups (broad SMARTS) is 1. The molecule has 20 heavy (non-hydrogen) atoms. The first kappa shape index (κ1) is 12.5. The summed E-state index contributed by atoms with van der Waals surface area (Å²) in [4.78, 5) is 30.2. The average Bonchev–Trinajstić information content (AvgIpc) is 2.94. The molecule has 0 amide bonds. The van der Waals surface area contributed by atoms with Gasteiger partial charge in [-0.3, -0.25) is 0 Å². The summed E-state index contributed by atoms with van der Waals surface area (Å²) in [6.07, 6.45) is 3.01. The zero-order valence-corrected chi connectivity index (χ0v) is 11.0. The highest BCUT2D eigenvalue weighted by atomic mass is 32.2. The van der Waals surface area contributed by atoms with E-state index in [4.69, 9.17) is 5.11 Å². The highest BCUT2D eigenvalue weighted by Gasteiger charge is 2.09. The van der Waals surface area contributed by atoms with Crippen LogP contribution in [0.3, 0.4) is 0 Å². The van der Waals surface area contributed by atoms with Crippen LogP contribution in [0, 0.1) is 0 Å². The van der Waals surface area contributed by atoms with Gasteiger partial charge in [0.05, 0.1) is 12.0 Å². The predicted molar refractivity (Wildman–Crippen MR) is 72.4 cm³/mol. The van der Waals surface area contributed by atoms with Crippen molar-refractivity contribution in [2.45, 2.75) is 10.8 Å². The number of thioether (sulfide) groups is 1. The first-order valence-electron chi connectivity index (χ1n) is 5.70. The van der Waals surface area contributed by atoms with Crippen LogP contribution in [0.5, 0.6) is 0 Å². The van der Waals surface area contributed by atoms with Crippen LogP contribution in [0.25, 0.3) is 11.2 Å². The summed E-state index contributed by atoms with van der Waals surface area (Å²) in [6, 6.07) is 4.93. The molecule has 0 bridgehead atoms. The first-order valence-corrected chi connectivity index (χ1v) is 6.69. The standard InChI is InChI=1S/C12H9N5O2S/c18-12(19)8-3-1-2-7(17-8)4-20-11-9-10(14-5-13-9)15-6-16-11/h1-3,5-6H,4H2,(H,18,19)(H,13,14,15,16). The molecule has 0 radical (unpaired) electrons. The molecule has 7 nitrogen and oxygen atoms in total. The number of rotatable bonds is 4. The lowest BCUT2D eigenvalue weighted by atomic mass is 10.3. The Morgan fingerprint density at radius 1 is 1.30 bits per heavy atom. The minimum Gasteiger partial charge on any atom is -0.477 e. The number of hydrogen-bond donors (Lipinski definition) is 2. The maximum Gasteiger partial charge on any atom is 0.354 e. The molecule has 2 N–H and O–H groups in total. The molecule has 0 saturated carbocycles. The highest BCUT2D eigenvalue weighted by Crippen LogP contribution is 2.24. The number of aromatic amines is 1. The van der Waals surface area contributed by atoms with Crippen molar-refractivity contribution in [3.05, 3.63) is 42.2 Å². The molecule has 0 aliphatic carbocycles. The van der Waals surface area contributed by atoms with Crippen LogP contribution in [0.1, 0.15) is 16.2 Å². The Morgan fingerprint density at radius 2 is 2.20 bits per heavy atom. The Hall–Kier alpha value is -2.48. The van der Waals surface area contributed by atoms with E-state index in [1.807, 2.05) is 0 Å². The summed E-state index contributed by atoms with van der Waals surface area (Å²) in [5.41, 5.74) is 2.10. The van der Waals surface area contributed by atoms with Crippen molar-refractivity contribution < 1.29 is 9.90 Å². The Balaban J connectivity index is 1.81. The third-order valence-corrected chi connectivity index (χ3v) is 3.59. The third kappa shape index (κ3) is 2.45. The number of imidazole rings is 1. The zero-order valence-electron chi connectivity index (χ0n) is 10.1. The van der Waals surface area contributed by atoms with E-state index in [0.717, 1.165) is 10.5 Å². The number of H-pyrrole nitrogens is 1. The second kappa shape index (κ2) is 5.25. The van der Waals surface area contributed by atoms with Gasteiger partial charge in [0.15, 0.2) is 5.65 Å². The van der Waals surface area contributed by atoms with Gasteiger partial charge in [0.1, 0.15) is 22.6 Å². The number of nitrogens with one attached hydrogen (secondary N) is 1. The quantitative estimate of drug-likeness (QED) is 0.556. The average molecular weight is 287 g/mol. The summed E-state index contributed by atoms with van der Waals surface area (Å²) in [5, 5.41) is 9.66. The summed E-state index contributed by atoms with van der Waals surface area (Å²) < 4.78 is 0. The van der Waals surface area contributed by atoms with Crippen LogP contribution in [0.15, 0.2) is 35.9 Å². The van der Waals surface area contributed by atoms with Gasteiger partial charge >= 0.3 is 5.97 Å². The number of hydrogen-bond acceptors (Lipinski definition) is 6. The van der Waals surface area contributed by atoms with Gasteiger partial charge in [0, 0.05) is 5.75 Å².